The summed E-state index contributed by atoms with van der Waals surface area (Å²) >= 11 is 0. The van der Waals surface area contributed by atoms with Gasteiger partial charge in [-0.2, -0.15) is 0 Å². The number of likely N-dealkylation sites (tertiary alicyclic amines) is 1. The third-order valence-electron chi connectivity index (χ3n) is 3.92. The van der Waals surface area contributed by atoms with Crippen molar-refractivity contribution in [2.24, 2.45) is 0 Å². The van der Waals surface area contributed by atoms with Crippen molar-refractivity contribution >= 4 is 5.91 Å². The normalized spacial score (nSPS) is 21.2. The third-order valence-corrected chi connectivity index (χ3v) is 3.92. The van der Waals surface area contributed by atoms with Crippen LogP contribution in [0.3, 0.4) is 0 Å². The molecule has 0 bridgehead atoms. The SMILES string of the molecule is CNC1CCCN(C(=O)CC(C)c2cccnc2)C1. The average Bonchev–Trinajstić information content (AvgIpc) is 2.48. The highest BCUT2D eigenvalue weighted by atomic mass is 16.2. The summed E-state index contributed by atoms with van der Waals surface area (Å²) in [6.07, 6.45) is 6.45. The monoisotopic (exact) mass is 261 g/mol. The number of likely N-dealkylation sites (N-methyl/N-ethyl adjacent to an activating group) is 1. The summed E-state index contributed by atoms with van der Waals surface area (Å²) in [4.78, 5) is 18.4. The molecule has 1 fully saturated rings. The van der Waals surface area contributed by atoms with Crippen molar-refractivity contribution in [1.82, 2.24) is 15.2 Å². The first-order valence-corrected chi connectivity index (χ1v) is 7.05. The van der Waals surface area contributed by atoms with Crippen LogP contribution in [-0.4, -0.2) is 42.0 Å². The fraction of sp³-hybridized carbons (Fsp3) is 0.600. The van der Waals surface area contributed by atoms with Crippen molar-refractivity contribution in [2.75, 3.05) is 20.1 Å². The first-order valence-electron chi connectivity index (χ1n) is 7.05. The van der Waals surface area contributed by atoms with Gasteiger partial charge in [-0.1, -0.05) is 13.0 Å². The molecule has 0 radical (unpaired) electrons. The Balaban J connectivity index is 1.90. The fourth-order valence-corrected chi connectivity index (χ4v) is 2.62. The summed E-state index contributed by atoms with van der Waals surface area (Å²) in [6, 6.07) is 4.41. The number of aromatic nitrogens is 1. The van der Waals surface area contributed by atoms with Gasteiger partial charge in [-0.25, -0.2) is 0 Å². The van der Waals surface area contributed by atoms with E-state index in [-0.39, 0.29) is 11.8 Å². The van der Waals surface area contributed by atoms with Crippen molar-refractivity contribution in [2.45, 2.75) is 38.1 Å². The van der Waals surface area contributed by atoms with Crippen molar-refractivity contribution < 1.29 is 4.79 Å². The third kappa shape index (κ3) is 3.77. The smallest absolute Gasteiger partial charge is 0.223 e. The summed E-state index contributed by atoms with van der Waals surface area (Å²) < 4.78 is 0. The number of carbonyl (C=O) groups is 1. The number of rotatable bonds is 4. The Hall–Kier alpha value is -1.42. The van der Waals surface area contributed by atoms with Crippen molar-refractivity contribution in [1.29, 1.82) is 0 Å². The van der Waals surface area contributed by atoms with E-state index in [9.17, 15) is 4.79 Å². The predicted octanol–water partition coefficient (Wildman–Crippen LogP) is 1.79. The standard InChI is InChI=1S/C15H23N3O/c1-12(13-5-3-7-17-10-13)9-15(19)18-8-4-6-14(11-18)16-2/h3,5,7,10,12,14,16H,4,6,8-9,11H2,1-2H3. The molecule has 4 nitrogen and oxygen atoms in total. The van der Waals surface area contributed by atoms with E-state index in [1.54, 1.807) is 6.20 Å². The van der Waals surface area contributed by atoms with Gasteiger partial charge in [-0.3, -0.25) is 9.78 Å². The van der Waals surface area contributed by atoms with E-state index in [2.05, 4.69) is 17.2 Å². The Morgan fingerprint density at radius 2 is 2.47 bits per heavy atom. The molecule has 2 atom stereocenters. The van der Waals surface area contributed by atoms with Gasteiger partial charge in [0, 0.05) is 37.9 Å². The van der Waals surface area contributed by atoms with Gasteiger partial charge in [0.1, 0.15) is 0 Å². The summed E-state index contributed by atoms with van der Waals surface area (Å²) in [6.45, 7) is 3.83. The molecular weight excluding hydrogens is 238 g/mol. The molecule has 2 heterocycles. The number of nitrogens with zero attached hydrogens (tertiary/aromatic N) is 2. The minimum atomic E-state index is 0.233. The van der Waals surface area contributed by atoms with Crippen LogP contribution in [0.15, 0.2) is 24.5 Å². The molecule has 1 aromatic rings. The van der Waals surface area contributed by atoms with Gasteiger partial charge in [-0.15, -0.1) is 0 Å². The number of carbonyl (C=O) groups excluding carboxylic acids is 1. The van der Waals surface area contributed by atoms with Gasteiger partial charge in [0.25, 0.3) is 0 Å². The number of nitrogens with one attached hydrogen (secondary N) is 1. The molecule has 104 valence electrons. The molecule has 19 heavy (non-hydrogen) atoms. The van der Waals surface area contributed by atoms with E-state index in [0.717, 1.165) is 25.1 Å². The Morgan fingerprint density at radius 1 is 1.63 bits per heavy atom. The molecule has 0 spiro atoms. The zero-order valence-corrected chi connectivity index (χ0v) is 11.8. The summed E-state index contributed by atoms with van der Waals surface area (Å²) in [5.41, 5.74) is 1.14. The number of piperidine rings is 1. The lowest BCUT2D eigenvalue weighted by atomic mass is 9.97. The Labute approximate surface area is 115 Å². The number of pyridine rings is 1. The molecule has 1 saturated heterocycles. The predicted molar refractivity (Wildman–Crippen MR) is 75.9 cm³/mol. The second kappa shape index (κ2) is 6.66. The average molecular weight is 261 g/mol. The molecule has 1 N–H and O–H groups in total. The lowest BCUT2D eigenvalue weighted by Crippen LogP contribution is -2.47. The van der Waals surface area contributed by atoms with Crippen LogP contribution < -0.4 is 5.32 Å². The highest BCUT2D eigenvalue weighted by molar-refractivity contribution is 5.77. The van der Waals surface area contributed by atoms with Crippen LogP contribution in [0.1, 0.15) is 37.7 Å². The topological polar surface area (TPSA) is 45.2 Å². The van der Waals surface area contributed by atoms with Gasteiger partial charge in [0.15, 0.2) is 0 Å². The zero-order chi connectivity index (χ0) is 13.7. The minimum Gasteiger partial charge on any atom is -0.341 e. The number of hydrogen-bond donors (Lipinski definition) is 1. The molecule has 1 amide bonds. The largest absolute Gasteiger partial charge is 0.341 e. The first kappa shape index (κ1) is 14.0. The van der Waals surface area contributed by atoms with Crippen LogP contribution in [0.4, 0.5) is 0 Å². The van der Waals surface area contributed by atoms with Gasteiger partial charge < -0.3 is 10.2 Å². The van der Waals surface area contributed by atoms with Crippen molar-refractivity contribution in [3.8, 4) is 0 Å². The van der Waals surface area contributed by atoms with E-state index in [0.29, 0.717) is 12.5 Å². The zero-order valence-electron chi connectivity index (χ0n) is 11.8. The molecule has 1 aliphatic heterocycles. The molecule has 2 unspecified atom stereocenters. The maximum atomic E-state index is 12.3. The minimum absolute atomic E-state index is 0.233. The molecule has 1 aliphatic rings. The van der Waals surface area contributed by atoms with Gasteiger partial charge >= 0.3 is 0 Å². The van der Waals surface area contributed by atoms with Crippen LogP contribution in [0.25, 0.3) is 0 Å². The van der Waals surface area contributed by atoms with Gasteiger partial charge in [-0.05, 0) is 37.4 Å². The number of amides is 1. The summed E-state index contributed by atoms with van der Waals surface area (Å²) in [7, 11) is 1.97. The lowest BCUT2D eigenvalue weighted by Gasteiger charge is -2.33. The van der Waals surface area contributed by atoms with Crippen LogP contribution in [0, 0.1) is 0 Å². The van der Waals surface area contributed by atoms with Crippen LogP contribution in [0.5, 0.6) is 0 Å². The van der Waals surface area contributed by atoms with E-state index in [1.807, 2.05) is 30.3 Å². The van der Waals surface area contributed by atoms with Crippen molar-refractivity contribution in [3.63, 3.8) is 0 Å². The highest BCUT2D eigenvalue weighted by Gasteiger charge is 2.23. The van der Waals surface area contributed by atoms with Gasteiger partial charge in [0.2, 0.25) is 5.91 Å². The molecule has 2 rings (SSSR count). The molecule has 4 heteroatoms. The van der Waals surface area contributed by atoms with E-state index in [1.165, 1.54) is 6.42 Å². The van der Waals surface area contributed by atoms with E-state index < -0.39 is 0 Å². The quantitative estimate of drug-likeness (QED) is 0.898. The maximum absolute atomic E-state index is 12.3. The highest BCUT2D eigenvalue weighted by Crippen LogP contribution is 2.20. The Kier molecular flexibility index (Phi) is 4.91. The van der Waals surface area contributed by atoms with Crippen molar-refractivity contribution in [3.05, 3.63) is 30.1 Å². The second-order valence-corrected chi connectivity index (χ2v) is 5.36. The van der Waals surface area contributed by atoms with Crippen LogP contribution in [-0.2, 0) is 4.79 Å². The molecule has 0 aromatic carbocycles. The lowest BCUT2D eigenvalue weighted by molar-refractivity contribution is -0.132. The fourth-order valence-electron chi connectivity index (χ4n) is 2.62. The van der Waals surface area contributed by atoms with Crippen LogP contribution >= 0.6 is 0 Å². The molecule has 0 saturated carbocycles. The Morgan fingerprint density at radius 3 is 3.16 bits per heavy atom. The Bertz CT molecular complexity index is 407. The van der Waals surface area contributed by atoms with Crippen LogP contribution in [0.2, 0.25) is 0 Å². The molecule has 1 aromatic heterocycles. The summed E-state index contributed by atoms with van der Waals surface area (Å²) in [5, 5.41) is 3.27. The molecular formula is C15H23N3O. The first-order chi connectivity index (χ1) is 9.20. The van der Waals surface area contributed by atoms with E-state index in [4.69, 9.17) is 0 Å². The molecule has 0 aliphatic carbocycles. The number of hydrogen-bond acceptors (Lipinski definition) is 3. The van der Waals surface area contributed by atoms with Gasteiger partial charge in [0.05, 0.1) is 0 Å². The second-order valence-electron chi connectivity index (χ2n) is 5.36. The van der Waals surface area contributed by atoms with E-state index >= 15 is 0 Å². The maximum Gasteiger partial charge on any atom is 0.223 e. The summed E-state index contributed by atoms with van der Waals surface area (Å²) in [5.74, 6) is 0.493.